The smallest absolute Gasteiger partial charge is 0.338 e. The highest BCUT2D eigenvalue weighted by Gasteiger charge is 2.25. The maximum Gasteiger partial charge on any atom is 0.338 e. The van der Waals surface area contributed by atoms with Crippen molar-refractivity contribution in [3.05, 3.63) is 117 Å². The molecular formula is C37H43F2N3O3S. The van der Waals surface area contributed by atoms with Crippen LogP contribution in [-0.4, -0.2) is 48.6 Å². The van der Waals surface area contributed by atoms with Gasteiger partial charge < -0.3 is 20.7 Å². The van der Waals surface area contributed by atoms with Crippen LogP contribution in [0.15, 0.2) is 72.8 Å². The Morgan fingerprint density at radius 2 is 1.59 bits per heavy atom. The first kappa shape index (κ1) is 34.9. The van der Waals surface area contributed by atoms with Crippen LogP contribution in [0, 0.1) is 25.5 Å². The molecule has 6 nitrogen and oxygen atoms in total. The summed E-state index contributed by atoms with van der Waals surface area (Å²) in [5.74, 6) is -2.17. The first-order valence-corrected chi connectivity index (χ1v) is 16.6. The van der Waals surface area contributed by atoms with Gasteiger partial charge in [-0.2, -0.15) is 0 Å². The highest BCUT2D eigenvalue weighted by molar-refractivity contribution is 7.15. The van der Waals surface area contributed by atoms with E-state index in [1.807, 2.05) is 32.9 Å². The summed E-state index contributed by atoms with van der Waals surface area (Å²) in [7, 11) is 0. The minimum atomic E-state index is -0.835. The summed E-state index contributed by atoms with van der Waals surface area (Å²) in [6.45, 7) is 9.88. The van der Waals surface area contributed by atoms with E-state index < -0.39 is 29.7 Å². The summed E-state index contributed by atoms with van der Waals surface area (Å²) in [5.41, 5.74) is 10.5. The van der Waals surface area contributed by atoms with Gasteiger partial charge in [0.2, 0.25) is 0 Å². The molecule has 0 saturated heterocycles. The van der Waals surface area contributed by atoms with Gasteiger partial charge in [0.15, 0.2) is 0 Å². The van der Waals surface area contributed by atoms with E-state index in [2.05, 4.69) is 36.5 Å². The number of rotatable bonds is 15. The van der Waals surface area contributed by atoms with Gasteiger partial charge in [0.25, 0.3) is 5.91 Å². The van der Waals surface area contributed by atoms with E-state index in [1.54, 1.807) is 34.4 Å². The van der Waals surface area contributed by atoms with E-state index in [4.69, 9.17) is 10.5 Å². The zero-order valence-corrected chi connectivity index (χ0v) is 27.8. The van der Waals surface area contributed by atoms with E-state index in [9.17, 15) is 18.4 Å². The largest absolute Gasteiger partial charge is 0.456 e. The Hall–Kier alpha value is -3.92. The molecule has 0 spiro atoms. The van der Waals surface area contributed by atoms with Gasteiger partial charge in [-0.1, -0.05) is 32.0 Å². The lowest BCUT2D eigenvalue weighted by Crippen LogP contribution is -2.46. The molecule has 0 radical (unpaired) electrons. The van der Waals surface area contributed by atoms with Crippen molar-refractivity contribution >= 4 is 23.2 Å². The highest BCUT2D eigenvalue weighted by Crippen LogP contribution is 2.28. The van der Waals surface area contributed by atoms with E-state index in [0.717, 1.165) is 35.6 Å². The van der Waals surface area contributed by atoms with Gasteiger partial charge in [0, 0.05) is 53.6 Å². The third-order valence-electron chi connectivity index (χ3n) is 7.59. The molecule has 4 aromatic rings. The quantitative estimate of drug-likeness (QED) is 0.131. The monoisotopic (exact) mass is 647 g/mol. The molecule has 3 aromatic carbocycles. The molecule has 0 aliphatic rings. The number of carbonyl (C=O) groups is 2. The number of halogens is 2. The van der Waals surface area contributed by atoms with E-state index in [1.165, 1.54) is 21.9 Å². The Balaban J connectivity index is 1.52. The molecule has 1 amide bonds. The van der Waals surface area contributed by atoms with Gasteiger partial charge in [-0.3, -0.25) is 4.79 Å². The molecule has 1 aromatic heterocycles. The van der Waals surface area contributed by atoms with Crippen LogP contribution in [0.2, 0.25) is 0 Å². The number of nitrogens with zero attached hydrogens (tertiary/aromatic N) is 1. The van der Waals surface area contributed by atoms with Crippen molar-refractivity contribution in [2.24, 2.45) is 5.73 Å². The van der Waals surface area contributed by atoms with Crippen molar-refractivity contribution in [2.75, 3.05) is 19.6 Å². The molecule has 244 valence electrons. The van der Waals surface area contributed by atoms with E-state index >= 15 is 0 Å². The second-order valence-electron chi connectivity index (χ2n) is 11.7. The number of thiophene rings is 1. The molecule has 0 unspecified atom stereocenters. The van der Waals surface area contributed by atoms with E-state index in [-0.39, 0.29) is 24.4 Å². The topological polar surface area (TPSA) is 84.7 Å². The Morgan fingerprint density at radius 3 is 2.24 bits per heavy atom. The molecule has 0 aliphatic carbocycles. The molecule has 9 heteroatoms. The summed E-state index contributed by atoms with van der Waals surface area (Å²) in [5, 5.41) is 3.35. The SMILES string of the molecule is CCCN(CCC)C(=O)c1cc(C)cc(C(=O)O[C@H](CNCc2cccc(-c3ccc(C)s3)c2)[C@@H](N)Cc2cc(F)cc(F)c2)c1. The maximum atomic E-state index is 13.9. The zero-order valence-electron chi connectivity index (χ0n) is 26.9. The molecule has 1 heterocycles. The van der Waals surface area contributed by atoms with Crippen LogP contribution < -0.4 is 11.1 Å². The zero-order chi connectivity index (χ0) is 33.2. The van der Waals surface area contributed by atoms with Gasteiger partial charge >= 0.3 is 5.97 Å². The van der Waals surface area contributed by atoms with Crippen molar-refractivity contribution in [1.82, 2.24) is 10.2 Å². The molecule has 0 saturated carbocycles. The molecule has 0 bridgehead atoms. The van der Waals surface area contributed by atoms with Gasteiger partial charge in [0.05, 0.1) is 5.56 Å². The van der Waals surface area contributed by atoms with Gasteiger partial charge in [-0.25, -0.2) is 13.6 Å². The Morgan fingerprint density at radius 1 is 0.891 bits per heavy atom. The number of amides is 1. The van der Waals surface area contributed by atoms with Gasteiger partial charge in [-0.15, -0.1) is 11.3 Å². The normalized spacial score (nSPS) is 12.5. The fourth-order valence-corrected chi connectivity index (χ4v) is 6.33. The number of nitrogens with one attached hydrogen (secondary N) is 1. The average molecular weight is 648 g/mol. The lowest BCUT2D eigenvalue weighted by Gasteiger charge is -2.25. The third kappa shape index (κ3) is 9.79. The summed E-state index contributed by atoms with van der Waals surface area (Å²) < 4.78 is 33.9. The highest BCUT2D eigenvalue weighted by atomic mass is 32.1. The lowest BCUT2D eigenvalue weighted by molar-refractivity contribution is 0.0238. The van der Waals surface area contributed by atoms with Crippen LogP contribution in [0.1, 0.15) is 69.0 Å². The second kappa shape index (κ2) is 16.6. The van der Waals surface area contributed by atoms with Crippen molar-refractivity contribution in [3.63, 3.8) is 0 Å². The predicted octanol–water partition coefficient (Wildman–Crippen LogP) is 7.46. The molecule has 2 atom stereocenters. The van der Waals surface area contributed by atoms with Crippen LogP contribution in [0.25, 0.3) is 10.4 Å². The predicted molar refractivity (Wildman–Crippen MR) is 181 cm³/mol. The fourth-order valence-electron chi connectivity index (χ4n) is 5.46. The van der Waals surface area contributed by atoms with Gasteiger partial charge in [-0.05, 0) is 104 Å². The third-order valence-corrected chi connectivity index (χ3v) is 8.64. The number of benzene rings is 3. The van der Waals surface area contributed by atoms with Crippen LogP contribution in [0.4, 0.5) is 8.78 Å². The summed E-state index contributed by atoms with van der Waals surface area (Å²) >= 11 is 1.73. The number of hydrogen-bond acceptors (Lipinski definition) is 6. The molecule has 46 heavy (non-hydrogen) atoms. The minimum absolute atomic E-state index is 0.0854. The Bertz CT molecular complexity index is 1610. The average Bonchev–Trinajstić information content (AvgIpc) is 3.45. The molecule has 3 N–H and O–H groups in total. The van der Waals surface area contributed by atoms with E-state index in [0.29, 0.717) is 30.8 Å². The molecular weight excluding hydrogens is 604 g/mol. The number of nitrogens with two attached hydrogens (primary N) is 1. The van der Waals surface area contributed by atoms with Crippen molar-refractivity contribution < 1.29 is 23.1 Å². The molecule has 0 aliphatic heterocycles. The van der Waals surface area contributed by atoms with Crippen LogP contribution in [0.3, 0.4) is 0 Å². The number of ether oxygens (including phenoxy) is 1. The number of carbonyl (C=O) groups excluding carboxylic acids is 2. The van der Waals surface area contributed by atoms with Crippen LogP contribution in [-0.2, 0) is 17.7 Å². The number of hydrogen-bond donors (Lipinski definition) is 2. The van der Waals surface area contributed by atoms with Crippen LogP contribution in [0.5, 0.6) is 0 Å². The van der Waals surface area contributed by atoms with Crippen molar-refractivity contribution in [3.8, 4) is 10.4 Å². The first-order chi connectivity index (χ1) is 22.1. The Labute approximate surface area is 274 Å². The Kier molecular flexibility index (Phi) is 12.6. The second-order valence-corrected chi connectivity index (χ2v) is 13.0. The summed E-state index contributed by atoms with van der Waals surface area (Å²) in [6.07, 6.45) is 0.902. The minimum Gasteiger partial charge on any atom is -0.456 e. The number of esters is 1. The van der Waals surface area contributed by atoms with Crippen molar-refractivity contribution in [2.45, 2.75) is 65.6 Å². The van der Waals surface area contributed by atoms with Crippen LogP contribution >= 0.6 is 11.3 Å². The van der Waals surface area contributed by atoms with Crippen molar-refractivity contribution in [1.29, 1.82) is 0 Å². The lowest BCUT2D eigenvalue weighted by atomic mass is 10.0. The maximum absolute atomic E-state index is 13.9. The standard InChI is InChI=1S/C37H43F2N3O3S/c1-5-12-42(13-6-2)36(43)29-14-24(3)15-30(20-29)37(44)45-34(33(40)19-27-17-31(38)21-32(39)18-27)23-41-22-26-8-7-9-28(16-26)35-11-10-25(4)46-35/h7-11,14-18,20-21,33-34,41H,5-6,12-13,19,22-23,40H2,1-4H3/t33-,34+/m0/s1. The fraction of sp³-hybridized carbons (Fsp3) is 0.351. The molecule has 4 rings (SSSR count). The summed E-state index contributed by atoms with van der Waals surface area (Å²) in [4.78, 5) is 31.1. The number of aryl methyl sites for hydroxylation is 2. The molecule has 0 fully saturated rings. The summed E-state index contributed by atoms with van der Waals surface area (Å²) in [6, 6.07) is 19.9. The first-order valence-electron chi connectivity index (χ1n) is 15.7. The van der Waals surface area contributed by atoms with Gasteiger partial charge in [0.1, 0.15) is 17.7 Å².